The van der Waals surface area contributed by atoms with Gasteiger partial charge in [0.2, 0.25) is 5.91 Å². The van der Waals surface area contributed by atoms with Crippen molar-refractivity contribution in [2.75, 3.05) is 11.9 Å². The first-order valence-electron chi connectivity index (χ1n) is 4.84. The summed E-state index contributed by atoms with van der Waals surface area (Å²) in [5.74, 6) is 0.161. The van der Waals surface area contributed by atoms with Gasteiger partial charge in [0.05, 0.1) is 5.92 Å². The Morgan fingerprint density at radius 1 is 1.43 bits per heavy atom. The van der Waals surface area contributed by atoms with Crippen LogP contribution in [0.3, 0.4) is 0 Å². The van der Waals surface area contributed by atoms with E-state index in [0.29, 0.717) is 6.54 Å². The van der Waals surface area contributed by atoms with Crippen LogP contribution in [0.5, 0.6) is 0 Å². The van der Waals surface area contributed by atoms with Gasteiger partial charge in [0.15, 0.2) is 0 Å². The van der Waals surface area contributed by atoms with Gasteiger partial charge in [-0.05, 0) is 17.5 Å². The second-order valence-corrected chi connectivity index (χ2v) is 3.71. The molecule has 0 radical (unpaired) electrons. The molecule has 14 heavy (non-hydrogen) atoms. The third-order valence-electron chi connectivity index (χ3n) is 2.90. The van der Waals surface area contributed by atoms with Crippen molar-refractivity contribution in [1.29, 1.82) is 0 Å². The third kappa shape index (κ3) is 1.30. The van der Waals surface area contributed by atoms with Gasteiger partial charge in [-0.15, -0.1) is 0 Å². The van der Waals surface area contributed by atoms with Crippen LogP contribution in [0.4, 0.5) is 5.69 Å². The summed E-state index contributed by atoms with van der Waals surface area (Å²) in [6, 6.07) is 7.88. The van der Waals surface area contributed by atoms with Gasteiger partial charge in [0.25, 0.3) is 0 Å². The summed E-state index contributed by atoms with van der Waals surface area (Å²) in [6.45, 7) is 2.45. The number of benzene rings is 1. The molecule has 0 fully saturated rings. The van der Waals surface area contributed by atoms with Gasteiger partial charge in [-0.3, -0.25) is 4.79 Å². The molecule has 3 heteroatoms. The number of carbonyl (C=O) groups excluding carboxylic acids is 1. The molecular formula is C11H14N2O. The van der Waals surface area contributed by atoms with E-state index in [1.807, 2.05) is 24.3 Å². The fourth-order valence-electron chi connectivity index (χ4n) is 1.99. The number of amides is 1. The first-order valence-corrected chi connectivity index (χ1v) is 4.84. The summed E-state index contributed by atoms with van der Waals surface area (Å²) >= 11 is 0. The van der Waals surface area contributed by atoms with Gasteiger partial charge in [0.1, 0.15) is 0 Å². The lowest BCUT2D eigenvalue weighted by molar-refractivity contribution is -0.120. The normalized spacial score (nSPS) is 25.4. The van der Waals surface area contributed by atoms with Crippen LogP contribution in [0.1, 0.15) is 18.4 Å². The molecule has 3 N–H and O–H groups in total. The predicted molar refractivity (Wildman–Crippen MR) is 56.0 cm³/mol. The molecule has 0 spiro atoms. The van der Waals surface area contributed by atoms with Gasteiger partial charge in [-0.1, -0.05) is 25.1 Å². The minimum Gasteiger partial charge on any atom is -0.330 e. The van der Waals surface area contributed by atoms with Crippen LogP contribution in [0, 0.1) is 5.92 Å². The molecule has 1 heterocycles. The van der Waals surface area contributed by atoms with Gasteiger partial charge >= 0.3 is 0 Å². The van der Waals surface area contributed by atoms with E-state index >= 15 is 0 Å². The van der Waals surface area contributed by atoms with Crippen LogP contribution in [-0.2, 0) is 4.79 Å². The Kier molecular flexibility index (Phi) is 2.25. The Morgan fingerprint density at radius 3 is 2.86 bits per heavy atom. The summed E-state index contributed by atoms with van der Waals surface area (Å²) in [6.07, 6.45) is 0. The second-order valence-electron chi connectivity index (χ2n) is 3.71. The van der Waals surface area contributed by atoms with Gasteiger partial charge in [-0.2, -0.15) is 0 Å². The van der Waals surface area contributed by atoms with Crippen molar-refractivity contribution in [3.05, 3.63) is 29.8 Å². The van der Waals surface area contributed by atoms with Crippen molar-refractivity contribution in [3.8, 4) is 0 Å². The highest BCUT2D eigenvalue weighted by Gasteiger charge is 2.31. The maximum absolute atomic E-state index is 11.6. The number of anilines is 1. The maximum atomic E-state index is 11.6. The Bertz CT molecular complexity index is 362. The zero-order valence-corrected chi connectivity index (χ0v) is 8.16. The molecule has 0 bridgehead atoms. The molecule has 3 nitrogen and oxygen atoms in total. The number of rotatable bonds is 1. The minimum atomic E-state index is -0.0927. The Morgan fingerprint density at radius 2 is 2.14 bits per heavy atom. The van der Waals surface area contributed by atoms with E-state index < -0.39 is 0 Å². The molecule has 2 unspecified atom stereocenters. The number of hydrogen-bond donors (Lipinski definition) is 2. The number of fused-ring (bicyclic) bond motifs is 1. The van der Waals surface area contributed by atoms with Crippen molar-refractivity contribution in [3.63, 3.8) is 0 Å². The average Bonchev–Trinajstić information content (AvgIpc) is 2.18. The number of hydrogen-bond acceptors (Lipinski definition) is 2. The molecule has 1 aromatic rings. The zero-order chi connectivity index (χ0) is 10.1. The first kappa shape index (κ1) is 9.21. The predicted octanol–water partition coefficient (Wildman–Crippen LogP) is 1.32. The second kappa shape index (κ2) is 3.42. The van der Waals surface area contributed by atoms with Gasteiger partial charge in [0, 0.05) is 12.2 Å². The average molecular weight is 190 g/mol. The lowest BCUT2D eigenvalue weighted by atomic mass is 9.83. The van der Waals surface area contributed by atoms with Crippen molar-refractivity contribution < 1.29 is 4.79 Å². The van der Waals surface area contributed by atoms with E-state index in [-0.39, 0.29) is 17.7 Å². The number of nitrogens with two attached hydrogens (primary N) is 1. The molecule has 74 valence electrons. The number of carbonyl (C=O) groups is 1. The number of nitrogens with one attached hydrogen (secondary N) is 1. The van der Waals surface area contributed by atoms with E-state index in [1.54, 1.807) is 0 Å². The quantitative estimate of drug-likeness (QED) is 0.701. The van der Waals surface area contributed by atoms with Crippen LogP contribution in [0.2, 0.25) is 0 Å². The van der Waals surface area contributed by atoms with Gasteiger partial charge in [-0.25, -0.2) is 0 Å². The fourth-order valence-corrected chi connectivity index (χ4v) is 1.99. The summed E-state index contributed by atoms with van der Waals surface area (Å²) in [5, 5.41) is 2.87. The Labute approximate surface area is 83.3 Å². The largest absolute Gasteiger partial charge is 0.330 e. The summed E-state index contributed by atoms with van der Waals surface area (Å²) < 4.78 is 0. The van der Waals surface area contributed by atoms with E-state index in [4.69, 9.17) is 5.73 Å². The smallest absolute Gasteiger partial charge is 0.229 e. The van der Waals surface area contributed by atoms with Crippen LogP contribution < -0.4 is 11.1 Å². The van der Waals surface area contributed by atoms with E-state index in [2.05, 4.69) is 12.2 Å². The lowest BCUT2D eigenvalue weighted by Gasteiger charge is -2.29. The molecule has 1 aliphatic heterocycles. The van der Waals surface area contributed by atoms with Crippen molar-refractivity contribution in [2.24, 2.45) is 11.7 Å². The topological polar surface area (TPSA) is 55.1 Å². The third-order valence-corrected chi connectivity index (χ3v) is 2.90. The van der Waals surface area contributed by atoms with Crippen LogP contribution in [0.25, 0.3) is 0 Å². The standard InChI is InChI=1S/C11H14N2O/c1-7-8-4-2-3-5-10(8)13-11(14)9(7)6-12/h2-5,7,9H,6,12H2,1H3,(H,13,14). The molecular weight excluding hydrogens is 176 g/mol. The van der Waals surface area contributed by atoms with Crippen LogP contribution in [-0.4, -0.2) is 12.5 Å². The summed E-state index contributed by atoms with van der Waals surface area (Å²) in [7, 11) is 0. The highest BCUT2D eigenvalue weighted by Crippen LogP contribution is 2.34. The lowest BCUT2D eigenvalue weighted by Crippen LogP contribution is -2.37. The highest BCUT2D eigenvalue weighted by atomic mass is 16.2. The fraction of sp³-hybridized carbons (Fsp3) is 0.364. The van der Waals surface area contributed by atoms with E-state index in [9.17, 15) is 4.79 Å². The monoisotopic (exact) mass is 190 g/mol. The molecule has 0 saturated heterocycles. The molecule has 1 amide bonds. The summed E-state index contributed by atoms with van der Waals surface area (Å²) in [4.78, 5) is 11.6. The SMILES string of the molecule is CC1c2ccccc2NC(=O)C1CN. The molecule has 0 saturated carbocycles. The van der Waals surface area contributed by atoms with E-state index in [1.165, 1.54) is 5.56 Å². The van der Waals surface area contributed by atoms with Crippen molar-refractivity contribution >= 4 is 11.6 Å². The molecule has 1 aromatic carbocycles. The number of para-hydroxylation sites is 1. The first-order chi connectivity index (χ1) is 6.74. The molecule has 1 aliphatic rings. The minimum absolute atomic E-state index is 0.0405. The van der Waals surface area contributed by atoms with E-state index in [0.717, 1.165) is 5.69 Å². The van der Waals surface area contributed by atoms with Crippen molar-refractivity contribution in [1.82, 2.24) is 0 Å². The molecule has 0 aliphatic carbocycles. The Balaban J connectivity index is 2.43. The summed E-state index contributed by atoms with van der Waals surface area (Å²) in [5.41, 5.74) is 7.69. The molecule has 0 aromatic heterocycles. The Hall–Kier alpha value is -1.35. The van der Waals surface area contributed by atoms with Crippen LogP contribution >= 0.6 is 0 Å². The van der Waals surface area contributed by atoms with Gasteiger partial charge < -0.3 is 11.1 Å². The van der Waals surface area contributed by atoms with Crippen molar-refractivity contribution in [2.45, 2.75) is 12.8 Å². The molecule has 2 rings (SSSR count). The highest BCUT2D eigenvalue weighted by molar-refractivity contribution is 5.96. The zero-order valence-electron chi connectivity index (χ0n) is 8.16. The van der Waals surface area contributed by atoms with Crippen LogP contribution in [0.15, 0.2) is 24.3 Å². The maximum Gasteiger partial charge on any atom is 0.229 e. The molecule has 2 atom stereocenters.